The molecule has 0 amide bonds. The summed E-state index contributed by atoms with van der Waals surface area (Å²) in [4.78, 5) is 10.3. The van der Waals surface area contributed by atoms with Gasteiger partial charge < -0.3 is 0 Å². The highest BCUT2D eigenvalue weighted by Gasteiger charge is 2.10. The summed E-state index contributed by atoms with van der Waals surface area (Å²) in [7, 11) is 3.76. The topological polar surface area (TPSA) is 58.4 Å². The fraction of sp³-hybridized carbons (Fsp3) is 0.400. The van der Waals surface area contributed by atoms with E-state index in [2.05, 4.69) is 5.43 Å². The van der Waals surface area contributed by atoms with Gasteiger partial charge in [-0.2, -0.15) is 0 Å². The zero-order chi connectivity index (χ0) is 11.4. The monoisotopic (exact) mass is 209 g/mol. The van der Waals surface area contributed by atoms with Crippen molar-refractivity contribution in [1.82, 2.24) is 10.4 Å². The standard InChI is InChI=1S/C10H15N3O2/c1-8-4-5-9(7-11-12(2)3)6-10(8)13(14)15/h4-6,11H,7H2,1-3H3. The summed E-state index contributed by atoms with van der Waals surface area (Å²) < 4.78 is 0. The Morgan fingerprint density at radius 1 is 1.47 bits per heavy atom. The predicted octanol–water partition coefficient (Wildman–Crippen LogP) is 1.47. The van der Waals surface area contributed by atoms with E-state index in [0.29, 0.717) is 12.1 Å². The Labute approximate surface area is 88.8 Å². The Morgan fingerprint density at radius 2 is 2.13 bits per heavy atom. The van der Waals surface area contributed by atoms with Crippen LogP contribution < -0.4 is 5.43 Å². The van der Waals surface area contributed by atoms with Gasteiger partial charge in [-0.1, -0.05) is 12.1 Å². The second-order valence-corrected chi connectivity index (χ2v) is 3.61. The first-order chi connectivity index (χ1) is 7.00. The molecule has 0 aromatic heterocycles. The molecule has 0 spiro atoms. The van der Waals surface area contributed by atoms with E-state index in [1.54, 1.807) is 19.1 Å². The highest BCUT2D eigenvalue weighted by atomic mass is 16.6. The summed E-state index contributed by atoms with van der Waals surface area (Å²) in [5.74, 6) is 0. The molecular weight excluding hydrogens is 194 g/mol. The van der Waals surface area contributed by atoms with Gasteiger partial charge in [0.2, 0.25) is 0 Å². The number of hydrogen-bond donors (Lipinski definition) is 1. The van der Waals surface area contributed by atoms with Crippen LogP contribution in [0.2, 0.25) is 0 Å². The molecule has 1 rings (SSSR count). The van der Waals surface area contributed by atoms with E-state index < -0.39 is 0 Å². The average Bonchev–Trinajstić information content (AvgIpc) is 2.16. The Hall–Kier alpha value is -1.46. The summed E-state index contributed by atoms with van der Waals surface area (Å²) in [6, 6.07) is 5.26. The van der Waals surface area contributed by atoms with Crippen LogP contribution in [0.25, 0.3) is 0 Å². The fourth-order valence-corrected chi connectivity index (χ4v) is 1.21. The zero-order valence-electron chi connectivity index (χ0n) is 9.15. The largest absolute Gasteiger partial charge is 0.272 e. The summed E-state index contributed by atoms with van der Waals surface area (Å²) in [5, 5.41) is 12.5. The van der Waals surface area contributed by atoms with Gasteiger partial charge in [0, 0.05) is 32.3 Å². The van der Waals surface area contributed by atoms with E-state index in [-0.39, 0.29) is 10.6 Å². The van der Waals surface area contributed by atoms with Crippen molar-refractivity contribution < 1.29 is 4.92 Å². The van der Waals surface area contributed by atoms with Crippen molar-refractivity contribution in [2.75, 3.05) is 14.1 Å². The van der Waals surface area contributed by atoms with Gasteiger partial charge in [-0.05, 0) is 12.5 Å². The van der Waals surface area contributed by atoms with Crippen LogP contribution in [0.4, 0.5) is 5.69 Å². The molecule has 0 bridgehead atoms. The molecule has 0 aliphatic heterocycles. The van der Waals surface area contributed by atoms with Crippen LogP contribution >= 0.6 is 0 Å². The molecule has 0 radical (unpaired) electrons. The summed E-state index contributed by atoms with van der Waals surface area (Å²) >= 11 is 0. The first-order valence-electron chi connectivity index (χ1n) is 4.65. The van der Waals surface area contributed by atoms with Crippen LogP contribution in [0.1, 0.15) is 11.1 Å². The van der Waals surface area contributed by atoms with E-state index in [4.69, 9.17) is 0 Å². The van der Waals surface area contributed by atoms with Crippen molar-refractivity contribution in [3.8, 4) is 0 Å². The van der Waals surface area contributed by atoms with E-state index >= 15 is 0 Å². The van der Waals surface area contributed by atoms with Crippen molar-refractivity contribution in [2.45, 2.75) is 13.5 Å². The molecule has 0 aliphatic carbocycles. The van der Waals surface area contributed by atoms with Crippen molar-refractivity contribution in [3.05, 3.63) is 39.4 Å². The summed E-state index contributed by atoms with van der Waals surface area (Å²) in [5.41, 5.74) is 4.82. The van der Waals surface area contributed by atoms with Gasteiger partial charge in [0.1, 0.15) is 0 Å². The molecule has 5 nitrogen and oxygen atoms in total. The van der Waals surface area contributed by atoms with Crippen LogP contribution in [-0.2, 0) is 6.54 Å². The van der Waals surface area contributed by atoms with Gasteiger partial charge in [-0.25, -0.2) is 0 Å². The first-order valence-corrected chi connectivity index (χ1v) is 4.65. The molecule has 1 aromatic rings. The number of hydrogen-bond acceptors (Lipinski definition) is 4. The van der Waals surface area contributed by atoms with Crippen LogP contribution in [0.15, 0.2) is 18.2 Å². The van der Waals surface area contributed by atoms with Gasteiger partial charge in [0.05, 0.1) is 4.92 Å². The second kappa shape index (κ2) is 4.86. The number of rotatable bonds is 4. The van der Waals surface area contributed by atoms with Gasteiger partial charge in [-0.15, -0.1) is 0 Å². The van der Waals surface area contributed by atoms with Gasteiger partial charge in [-0.3, -0.25) is 20.5 Å². The summed E-state index contributed by atoms with van der Waals surface area (Å²) in [6.07, 6.45) is 0. The highest BCUT2D eigenvalue weighted by Crippen LogP contribution is 2.18. The van der Waals surface area contributed by atoms with Crippen LogP contribution in [0.5, 0.6) is 0 Å². The number of nitrogens with zero attached hydrogens (tertiary/aromatic N) is 2. The molecule has 0 atom stereocenters. The smallest absolute Gasteiger partial charge is 0.258 e. The number of hydrazine groups is 1. The fourth-order valence-electron chi connectivity index (χ4n) is 1.21. The lowest BCUT2D eigenvalue weighted by Crippen LogP contribution is -2.29. The predicted molar refractivity (Wildman–Crippen MR) is 58.4 cm³/mol. The lowest BCUT2D eigenvalue weighted by Gasteiger charge is -2.11. The van der Waals surface area contributed by atoms with E-state index in [0.717, 1.165) is 5.56 Å². The maximum atomic E-state index is 10.7. The number of nitro groups is 1. The molecular formula is C10H15N3O2. The molecule has 0 fully saturated rings. The molecule has 0 saturated carbocycles. The van der Waals surface area contributed by atoms with E-state index in [9.17, 15) is 10.1 Å². The molecule has 0 heterocycles. The Morgan fingerprint density at radius 3 is 2.67 bits per heavy atom. The van der Waals surface area contributed by atoms with E-state index in [1.807, 2.05) is 25.2 Å². The normalized spacial score (nSPS) is 10.7. The highest BCUT2D eigenvalue weighted by molar-refractivity contribution is 5.42. The minimum atomic E-state index is -0.353. The van der Waals surface area contributed by atoms with Crippen LogP contribution in [-0.4, -0.2) is 24.0 Å². The number of benzene rings is 1. The maximum absolute atomic E-state index is 10.7. The molecule has 0 unspecified atom stereocenters. The van der Waals surface area contributed by atoms with Crippen LogP contribution in [0.3, 0.4) is 0 Å². The Kier molecular flexibility index (Phi) is 3.76. The number of nitrogens with one attached hydrogen (secondary N) is 1. The lowest BCUT2D eigenvalue weighted by molar-refractivity contribution is -0.385. The minimum Gasteiger partial charge on any atom is -0.258 e. The van der Waals surface area contributed by atoms with Gasteiger partial charge in [0.15, 0.2) is 0 Å². The molecule has 15 heavy (non-hydrogen) atoms. The molecule has 82 valence electrons. The molecule has 5 heteroatoms. The third-order valence-corrected chi connectivity index (χ3v) is 2.07. The number of nitro benzene ring substituents is 1. The quantitative estimate of drug-likeness (QED) is 0.602. The van der Waals surface area contributed by atoms with Crippen molar-refractivity contribution >= 4 is 5.69 Å². The maximum Gasteiger partial charge on any atom is 0.272 e. The third-order valence-electron chi connectivity index (χ3n) is 2.07. The summed E-state index contributed by atoms with van der Waals surface area (Å²) in [6.45, 7) is 2.33. The number of aryl methyl sites for hydroxylation is 1. The minimum absolute atomic E-state index is 0.174. The zero-order valence-corrected chi connectivity index (χ0v) is 9.15. The molecule has 1 N–H and O–H groups in total. The van der Waals surface area contributed by atoms with Crippen LogP contribution in [0, 0.1) is 17.0 Å². The SMILES string of the molecule is Cc1ccc(CNN(C)C)cc1[N+](=O)[O-]. The molecule has 0 saturated heterocycles. The van der Waals surface area contributed by atoms with Gasteiger partial charge in [0.25, 0.3) is 5.69 Å². The van der Waals surface area contributed by atoms with Gasteiger partial charge >= 0.3 is 0 Å². The third kappa shape index (κ3) is 3.30. The first kappa shape index (κ1) is 11.6. The van der Waals surface area contributed by atoms with Crippen molar-refractivity contribution in [2.24, 2.45) is 0 Å². The molecule has 0 aliphatic rings. The second-order valence-electron chi connectivity index (χ2n) is 3.61. The van der Waals surface area contributed by atoms with E-state index in [1.165, 1.54) is 0 Å². The Balaban J connectivity index is 2.83. The lowest BCUT2D eigenvalue weighted by atomic mass is 10.1. The van der Waals surface area contributed by atoms with Crippen molar-refractivity contribution in [1.29, 1.82) is 0 Å². The van der Waals surface area contributed by atoms with Crippen molar-refractivity contribution in [3.63, 3.8) is 0 Å². The average molecular weight is 209 g/mol. The Bertz CT molecular complexity index is 364. The molecule has 1 aromatic carbocycles.